The number of ketones is 1. The molecule has 0 saturated carbocycles. The average Bonchev–Trinajstić information content (AvgIpc) is 2.83. The molecule has 4 nitrogen and oxygen atoms in total. The summed E-state index contributed by atoms with van der Waals surface area (Å²) < 4.78 is 0. The summed E-state index contributed by atoms with van der Waals surface area (Å²) in [6.45, 7) is 0. The summed E-state index contributed by atoms with van der Waals surface area (Å²) in [5.41, 5.74) is 2.64. The number of likely N-dealkylation sites (N-methyl/N-ethyl adjacent to an activating group) is 1. The Hall–Kier alpha value is -3.37. The van der Waals surface area contributed by atoms with Crippen molar-refractivity contribution in [2.75, 3.05) is 7.05 Å². The molecule has 0 bridgehead atoms. The van der Waals surface area contributed by atoms with E-state index in [1.54, 1.807) is 24.3 Å². The number of fused-ring (bicyclic) bond motifs is 1. The van der Waals surface area contributed by atoms with Crippen molar-refractivity contribution in [3.8, 4) is 12.1 Å². The van der Waals surface area contributed by atoms with Crippen molar-refractivity contribution in [1.29, 1.82) is 10.5 Å². The zero-order valence-corrected chi connectivity index (χ0v) is 11.9. The molecule has 104 valence electrons. The summed E-state index contributed by atoms with van der Waals surface area (Å²) in [7, 11) is 1.83. The second kappa shape index (κ2) is 5.20. The minimum absolute atomic E-state index is 0.0443. The number of Topliss-reactive ketones (excluding diaryl/α,β-unsaturated/α-hetero) is 1. The minimum atomic E-state index is -0.157. The van der Waals surface area contributed by atoms with Gasteiger partial charge in [-0.05, 0) is 17.7 Å². The number of allylic oxidation sites excluding steroid dienone is 6. The Morgan fingerprint density at radius 3 is 2.41 bits per heavy atom. The van der Waals surface area contributed by atoms with Crippen LogP contribution in [-0.2, 0) is 0 Å². The van der Waals surface area contributed by atoms with Crippen molar-refractivity contribution in [2.45, 2.75) is 0 Å². The lowest BCUT2D eigenvalue weighted by Crippen LogP contribution is -2.15. The third-order valence-electron chi connectivity index (χ3n) is 3.70. The van der Waals surface area contributed by atoms with E-state index < -0.39 is 0 Å². The molecule has 1 aromatic carbocycles. The van der Waals surface area contributed by atoms with Crippen molar-refractivity contribution >= 4 is 11.4 Å². The Kier molecular flexibility index (Phi) is 3.21. The van der Waals surface area contributed by atoms with E-state index in [2.05, 4.69) is 0 Å². The quantitative estimate of drug-likeness (QED) is 0.543. The lowest BCUT2D eigenvalue weighted by molar-refractivity contribution is 0.104. The van der Waals surface area contributed by atoms with Crippen LogP contribution in [0.4, 0.5) is 0 Å². The number of carbonyl (C=O) groups is 1. The molecule has 2 aliphatic rings. The summed E-state index contributed by atoms with van der Waals surface area (Å²) in [4.78, 5) is 14.6. The molecule has 0 atom stereocenters. The molecule has 0 spiro atoms. The zero-order chi connectivity index (χ0) is 15.7. The van der Waals surface area contributed by atoms with Crippen LogP contribution in [-0.4, -0.2) is 17.7 Å². The highest BCUT2D eigenvalue weighted by atomic mass is 16.1. The van der Waals surface area contributed by atoms with Gasteiger partial charge in [0.15, 0.2) is 5.78 Å². The third-order valence-corrected chi connectivity index (χ3v) is 3.70. The van der Waals surface area contributed by atoms with Crippen LogP contribution in [0.2, 0.25) is 0 Å². The molecule has 1 aliphatic carbocycles. The van der Waals surface area contributed by atoms with E-state index >= 15 is 0 Å². The number of benzene rings is 1. The summed E-state index contributed by atoms with van der Waals surface area (Å²) >= 11 is 0. The van der Waals surface area contributed by atoms with Crippen LogP contribution in [0.3, 0.4) is 0 Å². The number of nitrogens with zero attached hydrogens (tertiary/aromatic N) is 3. The van der Waals surface area contributed by atoms with Gasteiger partial charge >= 0.3 is 0 Å². The Morgan fingerprint density at radius 1 is 1.09 bits per heavy atom. The van der Waals surface area contributed by atoms with E-state index in [0.717, 1.165) is 0 Å². The number of nitriles is 2. The lowest BCUT2D eigenvalue weighted by atomic mass is 9.97. The van der Waals surface area contributed by atoms with E-state index in [1.807, 2.05) is 48.5 Å². The minimum Gasteiger partial charge on any atom is -0.350 e. The maximum absolute atomic E-state index is 12.8. The predicted molar refractivity (Wildman–Crippen MR) is 82.0 cm³/mol. The van der Waals surface area contributed by atoms with Crippen molar-refractivity contribution in [1.82, 2.24) is 4.90 Å². The van der Waals surface area contributed by atoms with Gasteiger partial charge in [0.05, 0.1) is 11.3 Å². The van der Waals surface area contributed by atoms with Gasteiger partial charge in [0.1, 0.15) is 17.7 Å². The number of hydrogen-bond donors (Lipinski definition) is 0. The molecule has 0 N–H and O–H groups in total. The molecule has 0 saturated heterocycles. The molecule has 1 aliphatic heterocycles. The van der Waals surface area contributed by atoms with Gasteiger partial charge in [-0.25, -0.2) is 0 Å². The smallest absolute Gasteiger partial charge is 0.196 e. The molecule has 0 fully saturated rings. The Morgan fingerprint density at radius 2 is 1.77 bits per heavy atom. The van der Waals surface area contributed by atoms with Crippen LogP contribution in [0.15, 0.2) is 65.5 Å². The van der Waals surface area contributed by atoms with Gasteiger partial charge in [0, 0.05) is 24.4 Å². The largest absolute Gasteiger partial charge is 0.350 e. The summed E-state index contributed by atoms with van der Waals surface area (Å²) in [5, 5.41) is 18.5. The summed E-state index contributed by atoms with van der Waals surface area (Å²) in [5.74, 6) is -0.157. The van der Waals surface area contributed by atoms with Gasteiger partial charge in [-0.15, -0.1) is 0 Å². The van der Waals surface area contributed by atoms with E-state index in [1.165, 1.54) is 0 Å². The topological polar surface area (TPSA) is 67.9 Å². The van der Waals surface area contributed by atoms with Crippen molar-refractivity contribution in [3.05, 3.63) is 76.7 Å². The highest BCUT2D eigenvalue weighted by Gasteiger charge is 2.35. The molecule has 1 heterocycles. The first-order valence-electron chi connectivity index (χ1n) is 6.70. The van der Waals surface area contributed by atoms with E-state index in [9.17, 15) is 15.3 Å². The average molecular weight is 285 g/mol. The predicted octanol–water partition coefficient (Wildman–Crippen LogP) is 2.95. The second-order valence-electron chi connectivity index (χ2n) is 4.92. The fourth-order valence-corrected chi connectivity index (χ4v) is 2.71. The molecule has 1 aromatic rings. The normalized spacial score (nSPS) is 19.0. The highest BCUT2D eigenvalue weighted by Crippen LogP contribution is 2.41. The SMILES string of the molecule is CN1C=CC=C/C1=C1/C(=O)c2ccccc2C1=C(C#N)C#N. The summed E-state index contributed by atoms with van der Waals surface area (Å²) in [6.07, 6.45) is 7.32. The maximum Gasteiger partial charge on any atom is 0.196 e. The fraction of sp³-hybridized carbons (Fsp3) is 0.0556. The standard InChI is InChI=1S/C18H11N3O/c1-21-9-5-4-8-15(21)17-16(12(10-19)11-20)13-6-2-3-7-14(13)18(17)22/h2-9H,1H3/b17-15-. The molecular formula is C18H11N3O. The molecule has 0 amide bonds. The van der Waals surface area contributed by atoms with Gasteiger partial charge in [-0.3, -0.25) is 4.79 Å². The van der Waals surface area contributed by atoms with Crippen LogP contribution in [0.25, 0.3) is 5.57 Å². The second-order valence-corrected chi connectivity index (χ2v) is 4.92. The first kappa shape index (κ1) is 13.6. The van der Waals surface area contributed by atoms with E-state index in [4.69, 9.17) is 0 Å². The van der Waals surface area contributed by atoms with Gasteiger partial charge in [-0.2, -0.15) is 10.5 Å². The Bertz CT molecular complexity index is 870. The van der Waals surface area contributed by atoms with Gasteiger partial charge in [-0.1, -0.05) is 30.3 Å². The van der Waals surface area contributed by atoms with Crippen LogP contribution < -0.4 is 0 Å². The van der Waals surface area contributed by atoms with Crippen LogP contribution in [0, 0.1) is 22.7 Å². The highest BCUT2D eigenvalue weighted by molar-refractivity contribution is 6.28. The fourth-order valence-electron chi connectivity index (χ4n) is 2.71. The van der Waals surface area contributed by atoms with Crippen LogP contribution in [0.5, 0.6) is 0 Å². The van der Waals surface area contributed by atoms with Crippen molar-refractivity contribution in [3.63, 3.8) is 0 Å². The molecule has 0 radical (unpaired) electrons. The molecule has 22 heavy (non-hydrogen) atoms. The Balaban J connectivity index is 2.40. The molecular weight excluding hydrogens is 274 g/mol. The van der Waals surface area contributed by atoms with Crippen LogP contribution in [0.1, 0.15) is 15.9 Å². The summed E-state index contributed by atoms with van der Waals surface area (Å²) in [6, 6.07) is 10.9. The molecule has 3 rings (SSSR count). The lowest BCUT2D eigenvalue weighted by Gasteiger charge is -2.20. The number of carbonyl (C=O) groups excluding carboxylic acids is 1. The zero-order valence-electron chi connectivity index (χ0n) is 11.9. The molecule has 0 unspecified atom stereocenters. The van der Waals surface area contributed by atoms with E-state index in [-0.39, 0.29) is 11.4 Å². The first-order chi connectivity index (χ1) is 10.7. The molecule has 4 heteroatoms. The van der Waals surface area contributed by atoms with Gasteiger partial charge < -0.3 is 4.90 Å². The maximum atomic E-state index is 12.8. The van der Waals surface area contributed by atoms with Crippen LogP contribution >= 0.6 is 0 Å². The molecule has 0 aromatic heterocycles. The number of rotatable bonds is 0. The van der Waals surface area contributed by atoms with Gasteiger partial charge in [0.25, 0.3) is 0 Å². The Labute approximate surface area is 128 Å². The van der Waals surface area contributed by atoms with Crippen molar-refractivity contribution < 1.29 is 4.79 Å². The first-order valence-corrected chi connectivity index (χ1v) is 6.70. The van der Waals surface area contributed by atoms with Gasteiger partial charge in [0.2, 0.25) is 0 Å². The monoisotopic (exact) mass is 285 g/mol. The third kappa shape index (κ3) is 1.87. The van der Waals surface area contributed by atoms with E-state index in [0.29, 0.717) is 28.0 Å². The number of hydrogen-bond acceptors (Lipinski definition) is 4. The van der Waals surface area contributed by atoms with Crippen molar-refractivity contribution in [2.24, 2.45) is 0 Å².